The Morgan fingerprint density at radius 1 is 0.957 bits per heavy atom. The zero-order valence-corrected chi connectivity index (χ0v) is 26.8. The van der Waals surface area contributed by atoms with E-state index in [0.29, 0.717) is 50.9 Å². The molecule has 0 radical (unpaired) electrons. The van der Waals surface area contributed by atoms with Crippen molar-refractivity contribution in [3.8, 4) is 5.75 Å². The summed E-state index contributed by atoms with van der Waals surface area (Å²) in [4.78, 5) is 60.6. The molecule has 3 saturated heterocycles. The molecule has 10 heteroatoms. The van der Waals surface area contributed by atoms with Crippen molar-refractivity contribution in [2.24, 2.45) is 11.8 Å². The van der Waals surface area contributed by atoms with Crippen molar-refractivity contribution in [1.82, 2.24) is 25.4 Å². The molecule has 3 N–H and O–H groups in total. The monoisotopic (exact) mass is 627 g/mol. The minimum absolute atomic E-state index is 0.0318. The number of pyridine rings is 1. The van der Waals surface area contributed by atoms with Gasteiger partial charge in [0.1, 0.15) is 17.8 Å². The van der Waals surface area contributed by atoms with Crippen LogP contribution in [0.2, 0.25) is 0 Å². The smallest absolute Gasteiger partial charge is 0.252 e. The highest BCUT2D eigenvalue weighted by Gasteiger charge is 2.44. The number of likely N-dealkylation sites (tertiary alicyclic amines) is 1. The molecule has 2 bridgehead atoms. The normalized spacial score (nSPS) is 26.0. The third-order valence-corrected chi connectivity index (χ3v) is 9.77. The zero-order chi connectivity index (χ0) is 32.2. The largest absolute Gasteiger partial charge is 0.494 e. The van der Waals surface area contributed by atoms with Gasteiger partial charge in [-0.25, -0.2) is 0 Å². The molecule has 3 aliphatic heterocycles. The van der Waals surface area contributed by atoms with E-state index in [-0.39, 0.29) is 41.2 Å². The Kier molecular flexibility index (Phi) is 9.72. The Morgan fingerprint density at radius 2 is 1.78 bits per heavy atom. The van der Waals surface area contributed by atoms with Crippen LogP contribution in [0.25, 0.3) is 10.9 Å². The molecule has 0 spiro atoms. The molecule has 5 atom stereocenters. The molecule has 0 saturated carbocycles. The fourth-order valence-corrected chi connectivity index (χ4v) is 7.63. The van der Waals surface area contributed by atoms with Crippen molar-refractivity contribution in [3.63, 3.8) is 0 Å². The summed E-state index contributed by atoms with van der Waals surface area (Å²) < 4.78 is 5.66. The van der Waals surface area contributed by atoms with Gasteiger partial charge in [0.25, 0.3) is 5.56 Å². The summed E-state index contributed by atoms with van der Waals surface area (Å²) in [6.45, 7) is 6.94. The van der Waals surface area contributed by atoms with Crippen LogP contribution in [0.15, 0.2) is 59.4 Å². The number of benzene rings is 2. The summed E-state index contributed by atoms with van der Waals surface area (Å²) in [6.07, 6.45) is 3.77. The summed E-state index contributed by atoms with van der Waals surface area (Å²) in [5, 5.41) is 6.80. The number of rotatable bonds is 7. The van der Waals surface area contributed by atoms with Gasteiger partial charge in [0.2, 0.25) is 17.7 Å². The van der Waals surface area contributed by atoms with Crippen LogP contribution in [-0.4, -0.2) is 76.9 Å². The fraction of sp³-hybridized carbons (Fsp3) is 0.500. The van der Waals surface area contributed by atoms with Crippen molar-refractivity contribution in [1.29, 1.82) is 0 Å². The molecule has 4 heterocycles. The second-order valence-electron chi connectivity index (χ2n) is 13.2. The minimum Gasteiger partial charge on any atom is -0.494 e. The molecule has 3 fully saturated rings. The maximum absolute atomic E-state index is 13.9. The highest BCUT2D eigenvalue weighted by Crippen LogP contribution is 2.36. The van der Waals surface area contributed by atoms with Gasteiger partial charge in [-0.1, -0.05) is 30.3 Å². The lowest BCUT2D eigenvalue weighted by Crippen LogP contribution is -2.62. The number of aryl methyl sites for hydroxylation is 1. The highest BCUT2D eigenvalue weighted by molar-refractivity contribution is 5.92. The first-order valence-electron chi connectivity index (χ1n) is 16.7. The number of H-pyrrole nitrogens is 1. The Bertz CT molecular complexity index is 1620. The second kappa shape index (κ2) is 14.1. The molecule has 10 nitrogen and oxygen atoms in total. The van der Waals surface area contributed by atoms with Gasteiger partial charge < -0.3 is 25.3 Å². The van der Waals surface area contributed by atoms with Crippen LogP contribution in [0, 0.1) is 11.8 Å². The molecular weight excluding hydrogens is 582 g/mol. The molecule has 2 aromatic carbocycles. The number of aromatic amines is 1. The number of carbonyl (C=O) groups excluding carboxylic acids is 3. The lowest BCUT2D eigenvalue weighted by atomic mass is 9.77. The number of hydrogen-bond acceptors (Lipinski definition) is 6. The van der Waals surface area contributed by atoms with Gasteiger partial charge in [0.05, 0.1) is 6.61 Å². The van der Waals surface area contributed by atoms with Crippen molar-refractivity contribution in [2.45, 2.75) is 77.0 Å². The Balaban J connectivity index is 1.15. The summed E-state index contributed by atoms with van der Waals surface area (Å²) >= 11 is 0. The van der Waals surface area contributed by atoms with Crippen molar-refractivity contribution < 1.29 is 19.1 Å². The second-order valence-corrected chi connectivity index (χ2v) is 13.2. The van der Waals surface area contributed by atoms with Crippen molar-refractivity contribution >= 4 is 28.6 Å². The number of fused-ring (bicyclic) bond motifs is 5. The first kappa shape index (κ1) is 31.8. The van der Waals surface area contributed by atoms with Gasteiger partial charge in [-0.15, -0.1) is 0 Å². The van der Waals surface area contributed by atoms with Crippen LogP contribution in [0.5, 0.6) is 5.75 Å². The molecule has 6 rings (SSSR count). The van der Waals surface area contributed by atoms with Crippen LogP contribution in [-0.2, 0) is 27.3 Å². The zero-order valence-electron chi connectivity index (χ0n) is 26.8. The van der Waals surface area contributed by atoms with E-state index in [9.17, 15) is 19.2 Å². The van der Waals surface area contributed by atoms with E-state index in [4.69, 9.17) is 4.74 Å². The van der Waals surface area contributed by atoms with E-state index in [1.165, 1.54) is 0 Å². The number of carbonyl (C=O) groups is 3. The topological polar surface area (TPSA) is 124 Å². The Labute approximate surface area is 269 Å². The SMILES string of the molecule is CCOc1ccc2[nH]c(=O)c(CN3C[C@@H]4C[C@H](C3)[C@@H]3CCCC(=O)N[C@@H](CCc5ccccc5)C(=O)N[C@H](C)C(=O)N3C4)cc2c1. The van der Waals surface area contributed by atoms with E-state index >= 15 is 0 Å². The molecule has 244 valence electrons. The van der Waals surface area contributed by atoms with Gasteiger partial charge in [-0.2, -0.15) is 0 Å². The van der Waals surface area contributed by atoms with Crippen LogP contribution >= 0.6 is 0 Å². The van der Waals surface area contributed by atoms with Crippen LogP contribution in [0.4, 0.5) is 0 Å². The molecule has 46 heavy (non-hydrogen) atoms. The third kappa shape index (κ3) is 7.28. The standard InChI is InChI=1S/C36H45N5O5/c1-3-46-29-13-15-30-26(18-29)17-28(34(43)39-30)22-40-19-25-16-27(21-40)32-10-7-11-33(42)38-31(14-12-24-8-5-4-6-9-24)35(44)37-23(2)36(45)41(32)20-25/h4-6,8-9,13,15,17-18,23,25,27,31-32H,3,7,10-12,14,16,19-22H2,1-2H3,(H,37,44)(H,38,42)(H,39,43)/t23-,25+,27-,31+,32+/m1/s1. The Hall–Kier alpha value is -4.18. The van der Waals surface area contributed by atoms with E-state index < -0.39 is 12.1 Å². The quantitative estimate of drug-likeness (QED) is 0.369. The fourth-order valence-electron chi connectivity index (χ4n) is 7.63. The maximum Gasteiger partial charge on any atom is 0.252 e. The van der Waals surface area contributed by atoms with Crippen LogP contribution in [0.3, 0.4) is 0 Å². The maximum atomic E-state index is 13.9. The average molecular weight is 628 g/mol. The van der Waals surface area contributed by atoms with E-state index in [1.807, 2.05) is 66.4 Å². The van der Waals surface area contributed by atoms with E-state index in [0.717, 1.165) is 48.1 Å². The average Bonchev–Trinajstić information content (AvgIpc) is 3.04. The van der Waals surface area contributed by atoms with Crippen molar-refractivity contribution in [3.05, 3.63) is 76.1 Å². The number of piperidine rings is 2. The lowest BCUT2D eigenvalue weighted by molar-refractivity contribution is -0.145. The molecule has 0 aliphatic carbocycles. The molecule has 3 aromatic rings. The number of nitrogens with zero attached hydrogens (tertiary/aromatic N) is 2. The summed E-state index contributed by atoms with van der Waals surface area (Å²) in [5.74, 6) is 0.732. The molecule has 3 amide bonds. The summed E-state index contributed by atoms with van der Waals surface area (Å²) in [5.41, 5.74) is 2.50. The molecule has 0 unspecified atom stereocenters. The Morgan fingerprint density at radius 3 is 2.59 bits per heavy atom. The van der Waals surface area contributed by atoms with Gasteiger partial charge in [-0.3, -0.25) is 24.1 Å². The van der Waals surface area contributed by atoms with Crippen molar-refractivity contribution in [2.75, 3.05) is 26.2 Å². The van der Waals surface area contributed by atoms with Gasteiger partial charge in [0.15, 0.2) is 0 Å². The first-order chi connectivity index (χ1) is 22.3. The minimum atomic E-state index is -0.698. The number of ether oxygens (including phenoxy) is 1. The number of nitrogens with one attached hydrogen (secondary N) is 3. The number of amides is 3. The van der Waals surface area contributed by atoms with Crippen LogP contribution in [0.1, 0.15) is 57.1 Å². The van der Waals surface area contributed by atoms with Crippen LogP contribution < -0.4 is 20.9 Å². The molecule has 3 aliphatic rings. The summed E-state index contributed by atoms with van der Waals surface area (Å²) in [7, 11) is 0. The van der Waals surface area contributed by atoms with Gasteiger partial charge in [0, 0.05) is 55.1 Å². The predicted molar refractivity (Wildman–Crippen MR) is 176 cm³/mol. The summed E-state index contributed by atoms with van der Waals surface area (Å²) in [6, 6.07) is 16.1. The lowest BCUT2D eigenvalue weighted by Gasteiger charge is -2.51. The molecule has 1 aromatic heterocycles. The van der Waals surface area contributed by atoms with E-state index in [2.05, 4.69) is 20.5 Å². The van der Waals surface area contributed by atoms with Gasteiger partial charge >= 0.3 is 0 Å². The molecular formula is C36H45N5O5. The first-order valence-corrected chi connectivity index (χ1v) is 16.7. The van der Waals surface area contributed by atoms with Gasteiger partial charge in [-0.05, 0) is 87.6 Å². The predicted octanol–water partition coefficient (Wildman–Crippen LogP) is 3.38. The van der Waals surface area contributed by atoms with E-state index in [1.54, 1.807) is 6.92 Å². The number of aromatic nitrogens is 1. The highest BCUT2D eigenvalue weighted by atomic mass is 16.5. The number of hydrogen-bond donors (Lipinski definition) is 3. The third-order valence-electron chi connectivity index (χ3n) is 9.77.